The molecule has 0 saturated heterocycles. The number of benzene rings is 2. The number of aryl methyl sites for hydroxylation is 1. The fourth-order valence-electron chi connectivity index (χ4n) is 3.35. The molecule has 2 heterocycles. The molecule has 0 saturated carbocycles. The largest absolute Gasteiger partial charge is 0.288 e. The van der Waals surface area contributed by atoms with Crippen LogP contribution >= 0.6 is 15.9 Å². The molecule has 0 spiro atoms. The van der Waals surface area contributed by atoms with Crippen molar-refractivity contribution in [1.29, 1.82) is 0 Å². The van der Waals surface area contributed by atoms with Crippen molar-refractivity contribution in [3.8, 4) is 22.4 Å². The molecular weight excluding hydrogens is 390 g/mol. The van der Waals surface area contributed by atoms with Gasteiger partial charge in [-0.25, -0.2) is 9.50 Å². The van der Waals surface area contributed by atoms with Gasteiger partial charge in [-0.15, -0.1) is 0 Å². The van der Waals surface area contributed by atoms with Gasteiger partial charge in [-0.05, 0) is 31.0 Å². The molecule has 1 N–H and O–H groups in total. The van der Waals surface area contributed by atoms with Crippen molar-refractivity contribution in [2.24, 2.45) is 0 Å². The summed E-state index contributed by atoms with van der Waals surface area (Å²) in [6, 6.07) is 18.1. The highest BCUT2D eigenvalue weighted by molar-refractivity contribution is 9.10. The first-order valence-electron chi connectivity index (χ1n) is 8.55. The number of nitrogens with one attached hydrogen (secondary N) is 1. The van der Waals surface area contributed by atoms with Crippen molar-refractivity contribution in [2.45, 2.75) is 20.3 Å². The van der Waals surface area contributed by atoms with Gasteiger partial charge in [-0.3, -0.25) is 9.89 Å². The zero-order valence-electron chi connectivity index (χ0n) is 14.6. The van der Waals surface area contributed by atoms with Crippen molar-refractivity contribution < 1.29 is 0 Å². The Labute approximate surface area is 159 Å². The van der Waals surface area contributed by atoms with Crippen LogP contribution in [0.5, 0.6) is 0 Å². The zero-order chi connectivity index (χ0) is 18.3. The second-order valence-electron chi connectivity index (χ2n) is 6.23. The quantitative estimate of drug-likeness (QED) is 0.519. The lowest BCUT2D eigenvalue weighted by atomic mass is 10.0. The number of aromatic amines is 1. The lowest BCUT2D eigenvalue weighted by Crippen LogP contribution is -2.21. The summed E-state index contributed by atoms with van der Waals surface area (Å²) in [5.41, 5.74) is 6.00. The molecule has 0 aliphatic carbocycles. The van der Waals surface area contributed by atoms with E-state index >= 15 is 0 Å². The average molecular weight is 408 g/mol. The minimum atomic E-state index is -0.0339. The van der Waals surface area contributed by atoms with E-state index in [1.54, 1.807) is 4.52 Å². The van der Waals surface area contributed by atoms with Crippen LogP contribution in [0.2, 0.25) is 0 Å². The molecule has 0 atom stereocenters. The highest BCUT2D eigenvalue weighted by Gasteiger charge is 2.19. The van der Waals surface area contributed by atoms with Crippen LogP contribution in [0.15, 0.2) is 63.9 Å². The lowest BCUT2D eigenvalue weighted by molar-refractivity contribution is 0.856. The fourth-order valence-corrected chi connectivity index (χ4v) is 3.75. The molecule has 0 aliphatic heterocycles. The number of hydrogen-bond donors (Lipinski definition) is 1. The molecule has 4 rings (SSSR count). The van der Waals surface area contributed by atoms with Crippen molar-refractivity contribution in [2.75, 3.05) is 0 Å². The Morgan fingerprint density at radius 2 is 1.81 bits per heavy atom. The number of fused-ring (bicyclic) bond motifs is 1. The second kappa shape index (κ2) is 6.57. The normalized spacial score (nSPS) is 11.2. The number of halogens is 1. The number of nitrogens with zero attached hydrogens (tertiary/aromatic N) is 2. The van der Waals surface area contributed by atoms with Gasteiger partial charge in [0, 0.05) is 21.3 Å². The van der Waals surface area contributed by atoms with Crippen molar-refractivity contribution in [3.05, 3.63) is 80.7 Å². The van der Waals surface area contributed by atoms with Gasteiger partial charge in [0.2, 0.25) is 0 Å². The molecule has 0 unspecified atom stereocenters. The third-order valence-corrected chi connectivity index (χ3v) is 5.10. The first kappa shape index (κ1) is 16.8. The van der Waals surface area contributed by atoms with Crippen molar-refractivity contribution in [3.63, 3.8) is 0 Å². The van der Waals surface area contributed by atoms with Crippen molar-refractivity contribution in [1.82, 2.24) is 14.6 Å². The molecule has 0 radical (unpaired) electrons. The lowest BCUT2D eigenvalue weighted by Gasteiger charge is -2.05. The van der Waals surface area contributed by atoms with E-state index in [9.17, 15) is 4.79 Å². The Kier molecular flexibility index (Phi) is 4.24. The highest BCUT2D eigenvalue weighted by atomic mass is 79.9. The summed E-state index contributed by atoms with van der Waals surface area (Å²) >= 11 is 3.53. The molecule has 0 bridgehead atoms. The minimum Gasteiger partial charge on any atom is -0.288 e. The predicted octanol–water partition coefficient (Wildman–Crippen LogP) is 4.99. The molecule has 4 aromatic rings. The first-order valence-corrected chi connectivity index (χ1v) is 9.35. The van der Waals surface area contributed by atoms with Crippen molar-refractivity contribution >= 4 is 21.6 Å². The smallest absolute Gasteiger partial charge is 0.276 e. The second-order valence-corrected chi connectivity index (χ2v) is 7.15. The van der Waals surface area contributed by atoms with E-state index in [1.165, 1.54) is 0 Å². The van der Waals surface area contributed by atoms with Crippen LogP contribution in [0, 0.1) is 6.92 Å². The summed E-state index contributed by atoms with van der Waals surface area (Å²) < 4.78 is 2.56. The maximum absolute atomic E-state index is 13.0. The van der Waals surface area contributed by atoms with Crippen LogP contribution in [0.4, 0.5) is 0 Å². The molecular formula is C21H18BrN3O. The Hall–Kier alpha value is -2.66. The summed E-state index contributed by atoms with van der Waals surface area (Å²) in [7, 11) is 0. The Morgan fingerprint density at radius 1 is 1.08 bits per heavy atom. The third-order valence-electron chi connectivity index (χ3n) is 4.61. The summed E-state index contributed by atoms with van der Waals surface area (Å²) in [5, 5.41) is 3.30. The molecule has 0 aliphatic rings. The average Bonchev–Trinajstić information content (AvgIpc) is 3.02. The molecule has 5 heteroatoms. The maximum atomic E-state index is 13.0. The predicted molar refractivity (Wildman–Crippen MR) is 108 cm³/mol. The monoisotopic (exact) mass is 407 g/mol. The van der Waals surface area contributed by atoms with E-state index in [-0.39, 0.29) is 5.56 Å². The van der Waals surface area contributed by atoms with Crippen LogP contribution in [0.25, 0.3) is 28.0 Å². The molecule has 130 valence electrons. The summed E-state index contributed by atoms with van der Waals surface area (Å²) in [6.45, 7) is 3.88. The van der Waals surface area contributed by atoms with Crippen LogP contribution in [0.1, 0.15) is 18.2 Å². The van der Waals surface area contributed by atoms with Gasteiger partial charge >= 0.3 is 0 Å². The molecule has 2 aromatic heterocycles. The van der Waals surface area contributed by atoms with Crippen LogP contribution in [0.3, 0.4) is 0 Å². The van der Waals surface area contributed by atoms with E-state index in [1.807, 2.05) is 68.4 Å². The topological polar surface area (TPSA) is 50.2 Å². The fraction of sp³-hybridized carbons (Fsp3) is 0.143. The minimum absolute atomic E-state index is 0.0339. The Balaban J connectivity index is 2.14. The van der Waals surface area contributed by atoms with E-state index in [4.69, 9.17) is 4.98 Å². The molecule has 2 aromatic carbocycles. The molecule has 0 amide bonds. The summed E-state index contributed by atoms with van der Waals surface area (Å²) in [4.78, 5) is 17.7. The number of rotatable bonds is 3. The molecule has 0 fully saturated rings. The van der Waals surface area contributed by atoms with E-state index in [0.717, 1.165) is 38.1 Å². The van der Waals surface area contributed by atoms with E-state index in [0.29, 0.717) is 12.1 Å². The Morgan fingerprint density at radius 3 is 2.50 bits per heavy atom. The number of hydrogen-bond acceptors (Lipinski definition) is 2. The SMILES string of the molecule is CCc1c(C)nc2c(-c3ccccc3)c(-c3cccc(Br)c3)[nH]n2c1=O. The van der Waals surface area contributed by atoms with Gasteiger partial charge < -0.3 is 0 Å². The van der Waals surface area contributed by atoms with Gasteiger partial charge in [-0.2, -0.15) is 0 Å². The highest BCUT2D eigenvalue weighted by Crippen LogP contribution is 2.34. The van der Waals surface area contributed by atoms with Gasteiger partial charge in [0.1, 0.15) is 0 Å². The van der Waals surface area contributed by atoms with Gasteiger partial charge in [0.25, 0.3) is 5.56 Å². The number of aromatic nitrogens is 3. The van der Waals surface area contributed by atoms with Crippen LogP contribution in [-0.2, 0) is 6.42 Å². The standard InChI is InChI=1S/C21H18BrN3O/c1-3-17-13(2)23-20-18(14-8-5-4-6-9-14)19(24-25(20)21(17)26)15-10-7-11-16(22)12-15/h4-12,24H,3H2,1-2H3. The third kappa shape index (κ3) is 2.69. The zero-order valence-corrected chi connectivity index (χ0v) is 16.2. The Bertz CT molecular complexity index is 1160. The van der Waals surface area contributed by atoms with E-state index in [2.05, 4.69) is 21.0 Å². The first-order chi connectivity index (χ1) is 12.6. The summed E-state index contributed by atoms with van der Waals surface area (Å²) in [6.07, 6.45) is 0.659. The molecule has 26 heavy (non-hydrogen) atoms. The number of H-pyrrole nitrogens is 1. The van der Waals surface area contributed by atoms with Gasteiger partial charge in [-0.1, -0.05) is 65.3 Å². The van der Waals surface area contributed by atoms with Crippen LogP contribution in [-0.4, -0.2) is 14.6 Å². The van der Waals surface area contributed by atoms with Gasteiger partial charge in [0.15, 0.2) is 5.65 Å². The maximum Gasteiger partial charge on any atom is 0.276 e. The van der Waals surface area contributed by atoms with Crippen LogP contribution < -0.4 is 5.56 Å². The van der Waals surface area contributed by atoms with E-state index < -0.39 is 0 Å². The van der Waals surface area contributed by atoms with Gasteiger partial charge in [0.05, 0.1) is 11.3 Å². The summed E-state index contributed by atoms with van der Waals surface area (Å²) in [5.74, 6) is 0. The molecule has 4 nitrogen and oxygen atoms in total.